The molecular weight excluding hydrogens is 456 g/mol. The molecule has 10 heteroatoms. The number of benzene rings is 2. The number of nitrogens with zero attached hydrogens (tertiary/aromatic N) is 2. The molecule has 0 fully saturated rings. The van der Waals surface area contributed by atoms with Crippen LogP contribution in [0.3, 0.4) is 0 Å². The zero-order chi connectivity index (χ0) is 24.7. The van der Waals surface area contributed by atoms with E-state index >= 15 is 0 Å². The Bertz CT molecular complexity index is 1250. The van der Waals surface area contributed by atoms with Gasteiger partial charge in [0, 0.05) is 26.0 Å². The molecule has 2 aromatic carbocycles. The maximum atomic E-state index is 12.7. The summed E-state index contributed by atoms with van der Waals surface area (Å²) in [6, 6.07) is 16.7. The van der Waals surface area contributed by atoms with Crippen LogP contribution in [0.15, 0.2) is 73.1 Å². The number of sulfonamides is 1. The van der Waals surface area contributed by atoms with Gasteiger partial charge in [-0.25, -0.2) is 8.42 Å². The topological polar surface area (TPSA) is 118 Å². The van der Waals surface area contributed by atoms with Crippen molar-refractivity contribution in [3.05, 3.63) is 84.2 Å². The summed E-state index contributed by atoms with van der Waals surface area (Å²) in [4.78, 5) is 29.4. The van der Waals surface area contributed by atoms with Crippen LogP contribution in [0.2, 0.25) is 0 Å². The minimum atomic E-state index is -3.38. The van der Waals surface area contributed by atoms with E-state index in [1.807, 2.05) is 6.07 Å². The molecule has 0 unspecified atom stereocenters. The second kappa shape index (κ2) is 10.8. The molecule has 1 atom stereocenters. The van der Waals surface area contributed by atoms with Gasteiger partial charge in [0.1, 0.15) is 5.75 Å². The number of anilines is 2. The van der Waals surface area contributed by atoms with Gasteiger partial charge in [0.05, 0.1) is 23.2 Å². The molecule has 0 saturated heterocycles. The van der Waals surface area contributed by atoms with Crippen LogP contribution in [0.4, 0.5) is 11.4 Å². The van der Waals surface area contributed by atoms with Gasteiger partial charge in [-0.05, 0) is 55.0 Å². The van der Waals surface area contributed by atoms with Crippen molar-refractivity contribution in [1.82, 2.24) is 10.3 Å². The Hall–Kier alpha value is -3.92. The van der Waals surface area contributed by atoms with Crippen LogP contribution in [0.25, 0.3) is 0 Å². The third-order valence-electron chi connectivity index (χ3n) is 4.99. The van der Waals surface area contributed by atoms with E-state index in [4.69, 9.17) is 4.74 Å². The summed E-state index contributed by atoms with van der Waals surface area (Å²) in [5, 5.41) is 5.55. The number of aromatic nitrogens is 1. The molecule has 1 heterocycles. The lowest BCUT2D eigenvalue weighted by Gasteiger charge is -2.19. The summed E-state index contributed by atoms with van der Waals surface area (Å²) in [5.41, 5.74) is 2.00. The fourth-order valence-corrected chi connectivity index (χ4v) is 3.49. The van der Waals surface area contributed by atoms with Crippen LogP contribution in [-0.2, 0) is 21.4 Å². The Morgan fingerprint density at radius 2 is 1.76 bits per heavy atom. The van der Waals surface area contributed by atoms with Gasteiger partial charge < -0.3 is 15.4 Å². The van der Waals surface area contributed by atoms with Crippen LogP contribution >= 0.6 is 0 Å². The van der Waals surface area contributed by atoms with Gasteiger partial charge in [-0.3, -0.25) is 18.9 Å². The average molecular weight is 483 g/mol. The fourth-order valence-electron chi connectivity index (χ4n) is 2.99. The van der Waals surface area contributed by atoms with Crippen LogP contribution in [0.5, 0.6) is 5.75 Å². The zero-order valence-corrected chi connectivity index (χ0v) is 19.9. The Morgan fingerprint density at radius 3 is 2.41 bits per heavy atom. The Balaban J connectivity index is 1.62. The molecule has 2 N–H and O–H groups in total. The van der Waals surface area contributed by atoms with Gasteiger partial charge in [-0.15, -0.1) is 0 Å². The highest BCUT2D eigenvalue weighted by atomic mass is 32.2. The summed E-state index contributed by atoms with van der Waals surface area (Å²) < 4.78 is 30.1. The lowest BCUT2D eigenvalue weighted by atomic mass is 10.1. The summed E-state index contributed by atoms with van der Waals surface area (Å²) >= 11 is 0. The number of pyridine rings is 1. The van der Waals surface area contributed by atoms with Crippen molar-refractivity contribution >= 4 is 33.2 Å². The first-order valence-electron chi connectivity index (χ1n) is 10.4. The van der Waals surface area contributed by atoms with Crippen LogP contribution < -0.4 is 19.7 Å². The number of hydrogen-bond acceptors (Lipinski definition) is 6. The molecular formula is C24H26N4O5S. The summed E-state index contributed by atoms with van der Waals surface area (Å²) in [5.74, 6) is -0.375. The average Bonchev–Trinajstić information content (AvgIpc) is 2.83. The van der Waals surface area contributed by atoms with E-state index in [1.54, 1.807) is 73.9 Å². The molecule has 3 rings (SSSR count). The summed E-state index contributed by atoms with van der Waals surface area (Å²) in [6.45, 7) is 1.88. The zero-order valence-electron chi connectivity index (χ0n) is 19.1. The maximum absolute atomic E-state index is 12.7. The van der Waals surface area contributed by atoms with E-state index in [1.165, 1.54) is 7.05 Å². The monoisotopic (exact) mass is 482 g/mol. The maximum Gasteiger partial charge on any atom is 0.265 e. The van der Waals surface area contributed by atoms with E-state index in [0.29, 0.717) is 29.2 Å². The number of amides is 2. The summed E-state index contributed by atoms with van der Waals surface area (Å²) in [6.07, 6.45) is 3.56. The Kier molecular flexibility index (Phi) is 7.85. The molecule has 0 aliphatic heterocycles. The van der Waals surface area contributed by atoms with Crippen molar-refractivity contribution in [2.24, 2.45) is 0 Å². The molecule has 178 valence electrons. The van der Waals surface area contributed by atoms with Crippen molar-refractivity contribution in [3.63, 3.8) is 0 Å². The molecule has 0 aliphatic carbocycles. The molecule has 3 aromatic rings. The predicted molar refractivity (Wildman–Crippen MR) is 130 cm³/mol. The highest BCUT2D eigenvalue weighted by Crippen LogP contribution is 2.22. The largest absolute Gasteiger partial charge is 0.481 e. The highest BCUT2D eigenvalue weighted by Gasteiger charge is 2.19. The van der Waals surface area contributed by atoms with Crippen molar-refractivity contribution in [2.45, 2.75) is 19.6 Å². The van der Waals surface area contributed by atoms with Gasteiger partial charge in [-0.1, -0.05) is 18.2 Å². The van der Waals surface area contributed by atoms with Gasteiger partial charge >= 0.3 is 0 Å². The third kappa shape index (κ3) is 6.55. The Labute approximate surface area is 198 Å². The molecule has 0 saturated carbocycles. The lowest BCUT2D eigenvalue weighted by Crippen LogP contribution is -2.31. The summed E-state index contributed by atoms with van der Waals surface area (Å²) in [7, 11) is -1.93. The predicted octanol–water partition coefficient (Wildman–Crippen LogP) is 2.81. The number of nitrogens with one attached hydrogen (secondary N) is 2. The number of carbonyl (C=O) groups excluding carboxylic acids is 2. The number of ether oxygens (including phenoxy) is 1. The molecule has 34 heavy (non-hydrogen) atoms. The molecule has 0 radical (unpaired) electrons. The first-order chi connectivity index (χ1) is 16.1. The standard InChI is InChI=1S/C24H26N4O5S/c1-17(33-20-12-10-19(11-13-20)28(2)34(3,31)32)23(29)27-22-9-5-4-8-21(22)24(30)26-16-18-7-6-14-25-15-18/h4-15,17H,16H2,1-3H3,(H,26,30)(H,27,29)/t17-/m0/s1. The second-order valence-corrected chi connectivity index (χ2v) is 9.58. The van der Waals surface area contributed by atoms with E-state index < -0.39 is 22.0 Å². The number of hydrogen-bond donors (Lipinski definition) is 2. The van der Waals surface area contributed by atoms with Crippen molar-refractivity contribution in [2.75, 3.05) is 22.9 Å². The molecule has 2 amide bonds. The van der Waals surface area contributed by atoms with Gasteiger partial charge in [0.15, 0.2) is 6.10 Å². The fraction of sp³-hybridized carbons (Fsp3) is 0.208. The van der Waals surface area contributed by atoms with Crippen LogP contribution in [0.1, 0.15) is 22.8 Å². The van der Waals surface area contributed by atoms with Crippen molar-refractivity contribution < 1.29 is 22.7 Å². The van der Waals surface area contributed by atoms with Gasteiger partial charge in [0.25, 0.3) is 11.8 Å². The molecule has 9 nitrogen and oxygen atoms in total. The smallest absolute Gasteiger partial charge is 0.265 e. The highest BCUT2D eigenvalue weighted by molar-refractivity contribution is 7.92. The number of para-hydroxylation sites is 1. The second-order valence-electron chi connectivity index (χ2n) is 7.56. The van der Waals surface area contributed by atoms with Crippen LogP contribution in [0, 0.1) is 0 Å². The van der Waals surface area contributed by atoms with E-state index in [2.05, 4.69) is 15.6 Å². The van der Waals surface area contributed by atoms with Crippen LogP contribution in [-0.4, -0.2) is 44.6 Å². The van der Waals surface area contributed by atoms with E-state index in [0.717, 1.165) is 16.1 Å². The Morgan fingerprint density at radius 1 is 1.06 bits per heavy atom. The lowest BCUT2D eigenvalue weighted by molar-refractivity contribution is -0.122. The molecule has 0 aliphatic rings. The quantitative estimate of drug-likeness (QED) is 0.484. The minimum absolute atomic E-state index is 0.305. The van der Waals surface area contributed by atoms with Crippen molar-refractivity contribution in [1.29, 1.82) is 0 Å². The van der Waals surface area contributed by atoms with E-state index in [-0.39, 0.29) is 5.91 Å². The van der Waals surface area contributed by atoms with Gasteiger partial charge in [0.2, 0.25) is 10.0 Å². The molecule has 1 aromatic heterocycles. The van der Waals surface area contributed by atoms with E-state index in [9.17, 15) is 18.0 Å². The first kappa shape index (κ1) is 24.7. The molecule has 0 spiro atoms. The third-order valence-corrected chi connectivity index (χ3v) is 6.19. The minimum Gasteiger partial charge on any atom is -0.481 e. The number of carbonyl (C=O) groups is 2. The normalized spacial score (nSPS) is 11.9. The van der Waals surface area contributed by atoms with Gasteiger partial charge in [-0.2, -0.15) is 0 Å². The molecule has 0 bridgehead atoms. The SMILES string of the molecule is C[C@H](Oc1ccc(N(C)S(C)(=O)=O)cc1)C(=O)Nc1ccccc1C(=O)NCc1cccnc1. The number of rotatable bonds is 9. The van der Waals surface area contributed by atoms with Crippen molar-refractivity contribution in [3.8, 4) is 5.75 Å². The first-order valence-corrected chi connectivity index (χ1v) is 12.3.